The highest BCUT2D eigenvalue weighted by Gasteiger charge is 2.22. The third kappa shape index (κ3) is 2.60. The van der Waals surface area contributed by atoms with Crippen LogP contribution in [0.3, 0.4) is 0 Å². The van der Waals surface area contributed by atoms with Crippen LogP contribution in [0.2, 0.25) is 0 Å². The van der Waals surface area contributed by atoms with E-state index in [0.29, 0.717) is 6.54 Å². The second-order valence-corrected chi connectivity index (χ2v) is 5.39. The SMILES string of the molecule is CCNC(c1ccc(C)s1)c1c(F)cccc1F. The number of aryl methyl sites for hydroxylation is 1. The van der Waals surface area contributed by atoms with E-state index < -0.39 is 17.7 Å². The number of benzene rings is 1. The van der Waals surface area contributed by atoms with E-state index in [1.54, 1.807) is 11.3 Å². The summed E-state index contributed by atoms with van der Waals surface area (Å²) in [5.41, 5.74) is 0.0983. The molecule has 0 aliphatic carbocycles. The zero-order valence-corrected chi connectivity index (χ0v) is 11.2. The van der Waals surface area contributed by atoms with Crippen LogP contribution in [0.25, 0.3) is 0 Å². The fraction of sp³-hybridized carbons (Fsp3) is 0.286. The lowest BCUT2D eigenvalue weighted by molar-refractivity contribution is 0.513. The molecule has 18 heavy (non-hydrogen) atoms. The van der Waals surface area contributed by atoms with E-state index in [-0.39, 0.29) is 5.56 Å². The summed E-state index contributed by atoms with van der Waals surface area (Å²) < 4.78 is 27.7. The van der Waals surface area contributed by atoms with Gasteiger partial charge in [-0.15, -0.1) is 11.3 Å². The molecule has 1 heterocycles. The minimum absolute atomic E-state index is 0.0983. The third-order valence-corrected chi connectivity index (χ3v) is 3.81. The van der Waals surface area contributed by atoms with Gasteiger partial charge in [0, 0.05) is 15.3 Å². The van der Waals surface area contributed by atoms with E-state index in [4.69, 9.17) is 0 Å². The molecule has 4 heteroatoms. The maximum atomic E-state index is 13.8. The van der Waals surface area contributed by atoms with Gasteiger partial charge < -0.3 is 5.32 Å². The Bertz CT molecular complexity index is 516. The van der Waals surface area contributed by atoms with Gasteiger partial charge in [-0.05, 0) is 37.7 Å². The highest BCUT2D eigenvalue weighted by Crippen LogP contribution is 2.31. The third-order valence-electron chi connectivity index (χ3n) is 2.74. The standard InChI is InChI=1S/C14H15F2NS/c1-3-17-14(12-8-7-9(2)18-12)13-10(15)5-4-6-11(13)16/h4-8,14,17H,3H2,1-2H3. The zero-order chi connectivity index (χ0) is 13.1. The van der Waals surface area contributed by atoms with Crippen LogP contribution < -0.4 is 5.32 Å². The number of hydrogen-bond acceptors (Lipinski definition) is 2. The van der Waals surface area contributed by atoms with E-state index in [2.05, 4.69) is 5.32 Å². The Morgan fingerprint density at radius 2 is 1.83 bits per heavy atom. The molecule has 1 unspecified atom stereocenters. The Kier molecular flexibility index (Phi) is 4.09. The van der Waals surface area contributed by atoms with Crippen LogP contribution in [0.1, 0.15) is 28.3 Å². The van der Waals surface area contributed by atoms with Crippen molar-refractivity contribution in [3.63, 3.8) is 0 Å². The predicted octanol–water partition coefficient (Wildman–Crippen LogP) is 4.03. The summed E-state index contributed by atoms with van der Waals surface area (Å²) in [6.45, 7) is 4.55. The Morgan fingerprint density at radius 3 is 2.33 bits per heavy atom. The number of hydrogen-bond donors (Lipinski definition) is 1. The van der Waals surface area contributed by atoms with Crippen molar-refractivity contribution >= 4 is 11.3 Å². The lowest BCUT2D eigenvalue weighted by atomic mass is 10.0. The summed E-state index contributed by atoms with van der Waals surface area (Å²) in [7, 11) is 0. The lowest BCUT2D eigenvalue weighted by Crippen LogP contribution is -2.23. The maximum absolute atomic E-state index is 13.8. The summed E-state index contributed by atoms with van der Waals surface area (Å²) in [5, 5.41) is 3.14. The van der Waals surface area contributed by atoms with Gasteiger partial charge in [-0.25, -0.2) is 8.78 Å². The maximum Gasteiger partial charge on any atom is 0.131 e. The summed E-state index contributed by atoms with van der Waals surface area (Å²) in [5.74, 6) is -1.01. The first-order valence-electron chi connectivity index (χ1n) is 5.87. The molecule has 0 amide bonds. The van der Waals surface area contributed by atoms with Crippen molar-refractivity contribution in [2.45, 2.75) is 19.9 Å². The topological polar surface area (TPSA) is 12.0 Å². The predicted molar refractivity (Wildman–Crippen MR) is 70.9 cm³/mol. The molecule has 1 N–H and O–H groups in total. The van der Waals surface area contributed by atoms with E-state index in [1.165, 1.54) is 18.2 Å². The van der Waals surface area contributed by atoms with E-state index in [1.807, 2.05) is 26.0 Å². The fourth-order valence-electron chi connectivity index (χ4n) is 1.94. The number of halogens is 2. The average molecular weight is 267 g/mol. The van der Waals surface area contributed by atoms with Gasteiger partial charge in [0.25, 0.3) is 0 Å². The average Bonchev–Trinajstić information content (AvgIpc) is 2.74. The van der Waals surface area contributed by atoms with Gasteiger partial charge in [-0.2, -0.15) is 0 Å². The summed E-state index contributed by atoms with van der Waals surface area (Å²) in [6, 6.07) is 7.43. The van der Waals surface area contributed by atoms with Gasteiger partial charge in [0.05, 0.1) is 6.04 Å². The molecule has 0 bridgehead atoms. The Hall–Kier alpha value is -1.26. The summed E-state index contributed by atoms with van der Waals surface area (Å²) in [6.07, 6.45) is 0. The molecule has 0 radical (unpaired) electrons. The van der Waals surface area contributed by atoms with Crippen molar-refractivity contribution in [1.29, 1.82) is 0 Å². The summed E-state index contributed by atoms with van der Waals surface area (Å²) in [4.78, 5) is 2.06. The second-order valence-electron chi connectivity index (χ2n) is 4.07. The summed E-state index contributed by atoms with van der Waals surface area (Å²) >= 11 is 1.55. The highest BCUT2D eigenvalue weighted by atomic mass is 32.1. The fourth-order valence-corrected chi connectivity index (χ4v) is 2.91. The normalized spacial score (nSPS) is 12.7. The van der Waals surface area contributed by atoms with Crippen LogP contribution in [0.5, 0.6) is 0 Å². The first kappa shape index (κ1) is 13.2. The molecule has 0 aliphatic heterocycles. The van der Waals surface area contributed by atoms with Crippen LogP contribution in [0.4, 0.5) is 8.78 Å². The van der Waals surface area contributed by atoms with Crippen molar-refractivity contribution in [2.24, 2.45) is 0 Å². The molecule has 96 valence electrons. The van der Waals surface area contributed by atoms with Gasteiger partial charge >= 0.3 is 0 Å². The minimum Gasteiger partial charge on any atom is -0.306 e. The quantitative estimate of drug-likeness (QED) is 0.881. The molecule has 0 fully saturated rings. The van der Waals surface area contributed by atoms with Crippen LogP contribution in [0, 0.1) is 18.6 Å². The molecule has 1 aromatic heterocycles. The monoisotopic (exact) mass is 267 g/mol. The molecule has 1 atom stereocenters. The molecular formula is C14H15F2NS. The second kappa shape index (κ2) is 5.59. The first-order chi connectivity index (χ1) is 8.63. The molecule has 1 aromatic carbocycles. The van der Waals surface area contributed by atoms with E-state index >= 15 is 0 Å². The smallest absolute Gasteiger partial charge is 0.131 e. The largest absolute Gasteiger partial charge is 0.306 e. The van der Waals surface area contributed by atoms with Gasteiger partial charge in [-0.3, -0.25) is 0 Å². The highest BCUT2D eigenvalue weighted by molar-refractivity contribution is 7.12. The van der Waals surface area contributed by atoms with Gasteiger partial charge in [0.15, 0.2) is 0 Å². The molecule has 0 aliphatic rings. The number of rotatable bonds is 4. The van der Waals surface area contributed by atoms with Crippen molar-refractivity contribution in [2.75, 3.05) is 6.54 Å². The Labute approximate surface area is 109 Å². The molecule has 0 saturated heterocycles. The van der Waals surface area contributed by atoms with Gasteiger partial charge in [-0.1, -0.05) is 13.0 Å². The van der Waals surface area contributed by atoms with Crippen molar-refractivity contribution < 1.29 is 8.78 Å². The van der Waals surface area contributed by atoms with Crippen LogP contribution in [-0.4, -0.2) is 6.54 Å². The van der Waals surface area contributed by atoms with Crippen molar-refractivity contribution in [1.82, 2.24) is 5.32 Å². The molecular weight excluding hydrogens is 252 g/mol. The van der Waals surface area contributed by atoms with Crippen LogP contribution >= 0.6 is 11.3 Å². The Balaban J connectivity index is 2.47. The first-order valence-corrected chi connectivity index (χ1v) is 6.68. The molecule has 2 rings (SSSR count). The van der Waals surface area contributed by atoms with Gasteiger partial charge in [0.2, 0.25) is 0 Å². The molecule has 0 saturated carbocycles. The molecule has 0 spiro atoms. The van der Waals surface area contributed by atoms with E-state index in [9.17, 15) is 8.78 Å². The zero-order valence-electron chi connectivity index (χ0n) is 10.3. The Morgan fingerprint density at radius 1 is 1.17 bits per heavy atom. The molecule has 1 nitrogen and oxygen atoms in total. The number of thiophene rings is 1. The van der Waals surface area contributed by atoms with Crippen LogP contribution in [-0.2, 0) is 0 Å². The number of nitrogens with one attached hydrogen (secondary N) is 1. The molecule has 2 aromatic rings. The minimum atomic E-state index is -0.507. The lowest BCUT2D eigenvalue weighted by Gasteiger charge is -2.18. The van der Waals surface area contributed by atoms with Crippen molar-refractivity contribution in [3.05, 3.63) is 57.3 Å². The van der Waals surface area contributed by atoms with Crippen LogP contribution in [0.15, 0.2) is 30.3 Å². The van der Waals surface area contributed by atoms with E-state index in [0.717, 1.165) is 9.75 Å². The van der Waals surface area contributed by atoms with Gasteiger partial charge in [0.1, 0.15) is 11.6 Å². The van der Waals surface area contributed by atoms with Crippen molar-refractivity contribution in [3.8, 4) is 0 Å².